The molecule has 2 amide bonds. The number of hydrogen-bond acceptors (Lipinski definition) is 6. The molecule has 2 N–H and O–H groups in total. The van der Waals surface area contributed by atoms with E-state index in [2.05, 4.69) is 34.4 Å². The second-order valence-corrected chi connectivity index (χ2v) is 10.2. The third-order valence-corrected chi connectivity index (χ3v) is 6.96. The van der Waals surface area contributed by atoms with Crippen molar-refractivity contribution in [2.45, 2.75) is 39.5 Å². The Labute approximate surface area is 224 Å². The Hall–Kier alpha value is -3.69. The molecule has 38 heavy (non-hydrogen) atoms. The molecule has 2 heterocycles. The summed E-state index contributed by atoms with van der Waals surface area (Å²) in [5.74, 6) is -0.282. The first kappa shape index (κ1) is 27.3. The molecule has 2 aromatic carbocycles. The van der Waals surface area contributed by atoms with E-state index in [1.54, 1.807) is 36.2 Å². The predicted molar refractivity (Wildman–Crippen MR) is 146 cm³/mol. The van der Waals surface area contributed by atoms with Crippen LogP contribution >= 0.6 is 0 Å². The molecule has 0 saturated carbocycles. The van der Waals surface area contributed by atoms with Gasteiger partial charge in [0, 0.05) is 32.6 Å². The van der Waals surface area contributed by atoms with Gasteiger partial charge in [-0.2, -0.15) is 5.10 Å². The van der Waals surface area contributed by atoms with Crippen molar-refractivity contribution in [3.05, 3.63) is 77.1 Å². The molecule has 0 fully saturated rings. The van der Waals surface area contributed by atoms with Gasteiger partial charge in [-0.15, -0.1) is 0 Å². The molecule has 3 atom stereocenters. The number of aliphatic hydroxyl groups is 1. The maximum absolute atomic E-state index is 13.7. The van der Waals surface area contributed by atoms with Crippen molar-refractivity contribution in [1.29, 1.82) is 0 Å². The molecule has 9 nitrogen and oxygen atoms in total. The summed E-state index contributed by atoms with van der Waals surface area (Å²) < 4.78 is 8.13. The van der Waals surface area contributed by atoms with E-state index in [9.17, 15) is 14.7 Å². The molecule has 9 heteroatoms. The van der Waals surface area contributed by atoms with Crippen LogP contribution in [-0.2, 0) is 13.6 Å². The quantitative estimate of drug-likeness (QED) is 0.474. The van der Waals surface area contributed by atoms with E-state index >= 15 is 0 Å². The van der Waals surface area contributed by atoms with Crippen molar-refractivity contribution in [2.24, 2.45) is 13.0 Å². The zero-order valence-electron chi connectivity index (χ0n) is 22.7. The van der Waals surface area contributed by atoms with Gasteiger partial charge >= 0.3 is 0 Å². The van der Waals surface area contributed by atoms with Crippen LogP contribution in [0.3, 0.4) is 0 Å². The maximum Gasteiger partial charge on any atom is 0.274 e. The number of anilines is 1. The van der Waals surface area contributed by atoms with Crippen LogP contribution in [0, 0.1) is 12.8 Å². The molecule has 0 spiro atoms. The van der Waals surface area contributed by atoms with Crippen LogP contribution in [0.5, 0.6) is 5.75 Å². The molecule has 1 aromatic heterocycles. The van der Waals surface area contributed by atoms with Gasteiger partial charge in [0.15, 0.2) is 5.75 Å². The largest absolute Gasteiger partial charge is 0.486 e. The van der Waals surface area contributed by atoms with Gasteiger partial charge in [0.25, 0.3) is 11.8 Å². The van der Waals surface area contributed by atoms with Crippen molar-refractivity contribution in [2.75, 3.05) is 32.1 Å². The number of benzene rings is 2. The van der Waals surface area contributed by atoms with E-state index in [1.807, 2.05) is 39.1 Å². The summed E-state index contributed by atoms with van der Waals surface area (Å²) in [6.45, 7) is 7.35. The first-order valence-corrected chi connectivity index (χ1v) is 12.9. The lowest BCUT2D eigenvalue weighted by Crippen LogP contribution is -2.49. The van der Waals surface area contributed by atoms with E-state index < -0.39 is 0 Å². The Morgan fingerprint density at radius 2 is 1.97 bits per heavy atom. The standard InChI is InChI=1S/C29H37N5O4/c1-19-15-34(21(3)18-35)29(37)23-12-9-13-24(30-28(36)25-14-20(2)31-33(25)5)27(23)38-26(19)17-32(4)16-22-10-7-6-8-11-22/h6-14,19,21,26,35H,15-18H2,1-5H3,(H,30,36)/t19-,21-,26+/m1/s1. The third-order valence-electron chi connectivity index (χ3n) is 6.96. The highest BCUT2D eigenvalue weighted by molar-refractivity contribution is 6.06. The van der Waals surface area contributed by atoms with Crippen molar-refractivity contribution < 1.29 is 19.4 Å². The number of likely N-dealkylation sites (N-methyl/N-ethyl adjacent to an activating group) is 1. The Morgan fingerprint density at radius 1 is 1.24 bits per heavy atom. The number of carbonyl (C=O) groups is 2. The Morgan fingerprint density at radius 3 is 2.63 bits per heavy atom. The number of fused-ring (bicyclic) bond motifs is 1. The van der Waals surface area contributed by atoms with Crippen molar-refractivity contribution in [3.63, 3.8) is 0 Å². The molecule has 202 valence electrons. The lowest BCUT2D eigenvalue weighted by Gasteiger charge is -2.38. The summed E-state index contributed by atoms with van der Waals surface area (Å²) >= 11 is 0. The molecular weight excluding hydrogens is 482 g/mol. The second-order valence-electron chi connectivity index (χ2n) is 10.2. The van der Waals surface area contributed by atoms with E-state index in [-0.39, 0.29) is 36.5 Å². The summed E-state index contributed by atoms with van der Waals surface area (Å²) in [7, 11) is 3.76. The number of aromatic nitrogens is 2. The van der Waals surface area contributed by atoms with Gasteiger partial charge in [0.05, 0.1) is 29.6 Å². The zero-order chi connectivity index (χ0) is 27.4. The Balaban J connectivity index is 1.68. The molecule has 1 aliphatic rings. The average molecular weight is 520 g/mol. The van der Waals surface area contributed by atoms with Crippen LogP contribution in [0.1, 0.15) is 46.0 Å². The van der Waals surface area contributed by atoms with Gasteiger partial charge in [0.2, 0.25) is 0 Å². The van der Waals surface area contributed by atoms with E-state index in [0.29, 0.717) is 35.8 Å². The first-order valence-electron chi connectivity index (χ1n) is 12.9. The molecule has 3 aromatic rings. The maximum atomic E-state index is 13.7. The normalized spacial score (nSPS) is 18.4. The summed E-state index contributed by atoms with van der Waals surface area (Å²) in [4.78, 5) is 30.7. The number of ether oxygens (including phenoxy) is 1. The first-order chi connectivity index (χ1) is 18.2. The number of nitrogens with zero attached hydrogens (tertiary/aromatic N) is 4. The molecule has 4 rings (SSSR count). The molecule has 0 bridgehead atoms. The van der Waals surface area contributed by atoms with Gasteiger partial charge in [-0.05, 0) is 44.7 Å². The summed E-state index contributed by atoms with van der Waals surface area (Å²) in [6, 6.07) is 16.7. The number of carbonyl (C=O) groups excluding carboxylic acids is 2. The highest BCUT2D eigenvalue weighted by atomic mass is 16.5. The van der Waals surface area contributed by atoms with Crippen molar-refractivity contribution in [1.82, 2.24) is 19.6 Å². The van der Waals surface area contributed by atoms with Crippen molar-refractivity contribution >= 4 is 17.5 Å². The molecular formula is C29H37N5O4. The fourth-order valence-corrected chi connectivity index (χ4v) is 4.84. The van der Waals surface area contributed by atoms with Crippen molar-refractivity contribution in [3.8, 4) is 5.75 Å². The minimum Gasteiger partial charge on any atom is -0.486 e. The zero-order valence-corrected chi connectivity index (χ0v) is 22.7. The fraction of sp³-hybridized carbons (Fsp3) is 0.414. The number of hydrogen-bond donors (Lipinski definition) is 2. The smallest absolute Gasteiger partial charge is 0.274 e. The molecule has 0 unspecified atom stereocenters. The lowest BCUT2D eigenvalue weighted by molar-refractivity contribution is 0.0343. The predicted octanol–water partition coefficient (Wildman–Crippen LogP) is 3.33. The van der Waals surface area contributed by atoms with Crippen LogP contribution in [-0.4, -0.2) is 75.4 Å². The average Bonchev–Trinajstić information content (AvgIpc) is 3.24. The van der Waals surface area contributed by atoms with Crippen LogP contribution in [0.15, 0.2) is 54.6 Å². The molecule has 0 saturated heterocycles. The minimum absolute atomic E-state index is 0.0391. The summed E-state index contributed by atoms with van der Waals surface area (Å²) in [5, 5.41) is 17.1. The number of aryl methyl sites for hydroxylation is 2. The number of nitrogens with one attached hydrogen (secondary N) is 1. The Bertz CT molecular complexity index is 1280. The summed E-state index contributed by atoms with van der Waals surface area (Å²) in [6.07, 6.45) is -0.277. The fourth-order valence-electron chi connectivity index (χ4n) is 4.84. The highest BCUT2D eigenvalue weighted by Crippen LogP contribution is 2.35. The van der Waals surface area contributed by atoms with Crippen LogP contribution < -0.4 is 10.1 Å². The van der Waals surface area contributed by atoms with Crippen LogP contribution in [0.2, 0.25) is 0 Å². The van der Waals surface area contributed by atoms with Crippen LogP contribution in [0.4, 0.5) is 5.69 Å². The van der Waals surface area contributed by atoms with Gasteiger partial charge in [0.1, 0.15) is 11.8 Å². The molecule has 0 aliphatic carbocycles. The number of aliphatic hydroxyl groups excluding tert-OH is 1. The number of para-hydroxylation sites is 1. The Kier molecular flexibility index (Phi) is 8.48. The van der Waals surface area contributed by atoms with Gasteiger partial charge in [-0.1, -0.05) is 43.3 Å². The lowest BCUT2D eigenvalue weighted by atomic mass is 9.98. The highest BCUT2D eigenvalue weighted by Gasteiger charge is 2.34. The monoisotopic (exact) mass is 519 g/mol. The second kappa shape index (κ2) is 11.8. The van der Waals surface area contributed by atoms with Gasteiger partial charge in [-0.25, -0.2) is 0 Å². The molecule has 0 radical (unpaired) electrons. The number of rotatable bonds is 8. The number of amides is 2. The van der Waals surface area contributed by atoms with Crippen LogP contribution in [0.25, 0.3) is 0 Å². The minimum atomic E-state index is -0.366. The topological polar surface area (TPSA) is 99.9 Å². The van der Waals surface area contributed by atoms with E-state index in [1.165, 1.54) is 10.2 Å². The van der Waals surface area contributed by atoms with Gasteiger partial charge < -0.3 is 20.1 Å². The summed E-state index contributed by atoms with van der Waals surface area (Å²) in [5.41, 5.74) is 3.10. The van der Waals surface area contributed by atoms with E-state index in [4.69, 9.17) is 4.74 Å². The third kappa shape index (κ3) is 6.06. The molecule has 1 aliphatic heterocycles. The van der Waals surface area contributed by atoms with Gasteiger partial charge in [-0.3, -0.25) is 19.2 Å². The SMILES string of the molecule is Cc1cc(C(=O)Nc2cccc3c2O[C@@H](CN(C)Cc2ccccc2)[C@H](C)CN([C@H](C)CO)C3=O)n(C)n1. The van der Waals surface area contributed by atoms with E-state index in [0.717, 1.165) is 12.2 Å².